The SMILES string of the molecule is C[C@@H](NC(=O)c1ccc2c(c1)OCCO2)c1ccc(Cl)cc1. The number of carbonyl (C=O) groups is 1. The summed E-state index contributed by atoms with van der Waals surface area (Å²) in [6.07, 6.45) is 0. The Bertz CT molecular complexity index is 685. The van der Waals surface area contributed by atoms with Gasteiger partial charge in [-0.05, 0) is 42.8 Å². The lowest BCUT2D eigenvalue weighted by Gasteiger charge is -2.19. The highest BCUT2D eigenvalue weighted by Crippen LogP contribution is 2.30. The van der Waals surface area contributed by atoms with Crippen LogP contribution < -0.4 is 14.8 Å². The van der Waals surface area contributed by atoms with Gasteiger partial charge in [0.05, 0.1) is 6.04 Å². The summed E-state index contributed by atoms with van der Waals surface area (Å²) in [7, 11) is 0. The van der Waals surface area contributed by atoms with Crippen LogP contribution in [0.25, 0.3) is 0 Å². The second-order valence-electron chi connectivity index (χ2n) is 5.11. The van der Waals surface area contributed by atoms with Crippen LogP contribution in [0.4, 0.5) is 0 Å². The predicted molar refractivity (Wildman–Crippen MR) is 84.8 cm³/mol. The number of carbonyl (C=O) groups excluding carboxylic acids is 1. The van der Waals surface area contributed by atoms with Crippen LogP contribution >= 0.6 is 11.6 Å². The molecule has 1 aliphatic rings. The van der Waals surface area contributed by atoms with E-state index in [1.165, 1.54) is 0 Å². The molecule has 1 N–H and O–H groups in total. The summed E-state index contributed by atoms with van der Waals surface area (Å²) in [4.78, 5) is 12.3. The molecule has 1 atom stereocenters. The largest absolute Gasteiger partial charge is 0.486 e. The summed E-state index contributed by atoms with van der Waals surface area (Å²) in [6.45, 7) is 2.96. The Morgan fingerprint density at radius 2 is 1.77 bits per heavy atom. The second kappa shape index (κ2) is 6.28. The molecular formula is C17H16ClNO3. The number of rotatable bonds is 3. The number of amides is 1. The van der Waals surface area contributed by atoms with Gasteiger partial charge >= 0.3 is 0 Å². The number of ether oxygens (including phenoxy) is 2. The van der Waals surface area contributed by atoms with E-state index in [0.29, 0.717) is 35.3 Å². The summed E-state index contributed by atoms with van der Waals surface area (Å²) in [5.41, 5.74) is 1.54. The van der Waals surface area contributed by atoms with E-state index in [1.54, 1.807) is 18.2 Å². The standard InChI is InChI=1S/C17H16ClNO3/c1-11(12-2-5-14(18)6-3-12)19-17(20)13-4-7-15-16(10-13)22-9-8-21-15/h2-7,10-11H,8-9H2,1H3,(H,19,20)/t11-/m1/s1. The smallest absolute Gasteiger partial charge is 0.251 e. The Labute approximate surface area is 134 Å². The van der Waals surface area contributed by atoms with Crippen molar-refractivity contribution in [2.24, 2.45) is 0 Å². The van der Waals surface area contributed by atoms with E-state index in [-0.39, 0.29) is 11.9 Å². The Kier molecular flexibility index (Phi) is 4.20. The molecule has 0 saturated heterocycles. The van der Waals surface area contributed by atoms with Crippen molar-refractivity contribution in [1.82, 2.24) is 5.32 Å². The van der Waals surface area contributed by atoms with Gasteiger partial charge in [-0.15, -0.1) is 0 Å². The number of hydrogen-bond acceptors (Lipinski definition) is 3. The van der Waals surface area contributed by atoms with Crippen LogP contribution in [-0.2, 0) is 0 Å². The maximum Gasteiger partial charge on any atom is 0.251 e. The van der Waals surface area contributed by atoms with E-state index in [0.717, 1.165) is 5.56 Å². The van der Waals surface area contributed by atoms with Crippen molar-refractivity contribution >= 4 is 17.5 Å². The van der Waals surface area contributed by atoms with Crippen molar-refractivity contribution in [1.29, 1.82) is 0 Å². The molecule has 1 heterocycles. The van der Waals surface area contributed by atoms with E-state index >= 15 is 0 Å². The molecule has 0 unspecified atom stereocenters. The molecule has 2 aromatic carbocycles. The van der Waals surface area contributed by atoms with Crippen molar-refractivity contribution < 1.29 is 14.3 Å². The highest BCUT2D eigenvalue weighted by molar-refractivity contribution is 6.30. The van der Waals surface area contributed by atoms with E-state index in [1.807, 2.05) is 31.2 Å². The molecule has 3 rings (SSSR count). The average molecular weight is 318 g/mol. The van der Waals surface area contributed by atoms with E-state index in [2.05, 4.69) is 5.32 Å². The fourth-order valence-electron chi connectivity index (χ4n) is 2.30. The van der Waals surface area contributed by atoms with Gasteiger partial charge in [-0.2, -0.15) is 0 Å². The lowest BCUT2D eigenvalue weighted by molar-refractivity contribution is 0.0938. The fraction of sp³-hybridized carbons (Fsp3) is 0.235. The van der Waals surface area contributed by atoms with Crippen LogP contribution in [-0.4, -0.2) is 19.1 Å². The highest BCUT2D eigenvalue weighted by Gasteiger charge is 2.16. The Morgan fingerprint density at radius 1 is 1.09 bits per heavy atom. The lowest BCUT2D eigenvalue weighted by Crippen LogP contribution is -2.27. The maximum atomic E-state index is 12.3. The molecular weight excluding hydrogens is 302 g/mol. The van der Waals surface area contributed by atoms with Crippen LogP contribution in [0.15, 0.2) is 42.5 Å². The highest BCUT2D eigenvalue weighted by atomic mass is 35.5. The average Bonchev–Trinajstić information content (AvgIpc) is 2.55. The summed E-state index contributed by atoms with van der Waals surface area (Å²) in [5.74, 6) is 1.13. The molecule has 0 fully saturated rings. The molecule has 0 bridgehead atoms. The molecule has 22 heavy (non-hydrogen) atoms. The third-order valence-corrected chi connectivity index (χ3v) is 3.77. The fourth-order valence-corrected chi connectivity index (χ4v) is 2.43. The minimum Gasteiger partial charge on any atom is -0.486 e. The van der Waals surface area contributed by atoms with Gasteiger partial charge in [-0.1, -0.05) is 23.7 Å². The van der Waals surface area contributed by atoms with Crippen molar-refractivity contribution in [2.45, 2.75) is 13.0 Å². The zero-order valence-corrected chi connectivity index (χ0v) is 12.9. The number of benzene rings is 2. The number of fused-ring (bicyclic) bond motifs is 1. The normalized spacial score (nSPS) is 14.3. The molecule has 114 valence electrons. The summed E-state index contributed by atoms with van der Waals surface area (Å²) in [5, 5.41) is 3.64. The van der Waals surface area contributed by atoms with Crippen LogP contribution in [0.1, 0.15) is 28.9 Å². The van der Waals surface area contributed by atoms with Crippen molar-refractivity contribution in [3.63, 3.8) is 0 Å². The summed E-state index contributed by atoms with van der Waals surface area (Å²) in [6, 6.07) is 12.5. The van der Waals surface area contributed by atoms with Gasteiger partial charge in [0.25, 0.3) is 5.91 Å². The van der Waals surface area contributed by atoms with E-state index < -0.39 is 0 Å². The van der Waals surface area contributed by atoms with Crippen molar-refractivity contribution in [3.05, 3.63) is 58.6 Å². The predicted octanol–water partition coefficient (Wildman–Crippen LogP) is 3.60. The summed E-state index contributed by atoms with van der Waals surface area (Å²) < 4.78 is 10.9. The first-order valence-electron chi connectivity index (χ1n) is 7.09. The lowest BCUT2D eigenvalue weighted by atomic mass is 10.1. The molecule has 1 aliphatic heterocycles. The van der Waals surface area contributed by atoms with E-state index in [4.69, 9.17) is 21.1 Å². The summed E-state index contributed by atoms with van der Waals surface area (Å²) >= 11 is 5.87. The Morgan fingerprint density at radius 3 is 2.50 bits per heavy atom. The number of halogens is 1. The number of nitrogens with one attached hydrogen (secondary N) is 1. The zero-order chi connectivity index (χ0) is 15.5. The third-order valence-electron chi connectivity index (χ3n) is 3.52. The topological polar surface area (TPSA) is 47.6 Å². The first-order valence-corrected chi connectivity index (χ1v) is 7.47. The van der Waals surface area contributed by atoms with Gasteiger partial charge in [-0.25, -0.2) is 0 Å². The zero-order valence-electron chi connectivity index (χ0n) is 12.1. The Balaban J connectivity index is 1.72. The van der Waals surface area contributed by atoms with E-state index in [9.17, 15) is 4.79 Å². The monoisotopic (exact) mass is 317 g/mol. The molecule has 4 nitrogen and oxygen atoms in total. The Hall–Kier alpha value is -2.20. The van der Waals surface area contributed by atoms with Gasteiger partial charge < -0.3 is 14.8 Å². The van der Waals surface area contributed by atoms with Crippen molar-refractivity contribution in [2.75, 3.05) is 13.2 Å². The first-order chi connectivity index (χ1) is 10.6. The number of hydrogen-bond donors (Lipinski definition) is 1. The minimum atomic E-state index is -0.153. The van der Waals surface area contributed by atoms with Gasteiger partial charge in [-0.3, -0.25) is 4.79 Å². The molecule has 2 aromatic rings. The second-order valence-corrected chi connectivity index (χ2v) is 5.54. The maximum absolute atomic E-state index is 12.3. The minimum absolute atomic E-state index is 0.113. The van der Waals surface area contributed by atoms with Gasteiger partial charge in [0.1, 0.15) is 13.2 Å². The quantitative estimate of drug-likeness (QED) is 0.941. The molecule has 1 amide bonds. The third kappa shape index (κ3) is 3.17. The van der Waals surface area contributed by atoms with Gasteiger partial charge in [0.15, 0.2) is 11.5 Å². The molecule has 0 spiro atoms. The van der Waals surface area contributed by atoms with Gasteiger partial charge in [0.2, 0.25) is 0 Å². The van der Waals surface area contributed by atoms with Gasteiger partial charge in [0, 0.05) is 10.6 Å². The van der Waals surface area contributed by atoms with Crippen LogP contribution in [0.5, 0.6) is 11.5 Å². The van der Waals surface area contributed by atoms with Crippen LogP contribution in [0, 0.1) is 0 Å². The molecule has 0 aliphatic carbocycles. The molecule has 0 saturated carbocycles. The van der Waals surface area contributed by atoms with Crippen molar-refractivity contribution in [3.8, 4) is 11.5 Å². The van der Waals surface area contributed by atoms with Crippen LogP contribution in [0.3, 0.4) is 0 Å². The van der Waals surface area contributed by atoms with Crippen LogP contribution in [0.2, 0.25) is 5.02 Å². The first kappa shape index (κ1) is 14.7. The molecule has 5 heteroatoms. The molecule has 0 aromatic heterocycles. The molecule has 0 radical (unpaired) electrons.